The fourth-order valence-corrected chi connectivity index (χ4v) is 3.57. The van der Waals surface area contributed by atoms with Crippen LogP contribution in [0.15, 0.2) is 59.1 Å². The van der Waals surface area contributed by atoms with Gasteiger partial charge in [-0.05, 0) is 24.3 Å². The van der Waals surface area contributed by atoms with Crippen molar-refractivity contribution in [3.8, 4) is 0 Å². The van der Waals surface area contributed by atoms with Crippen molar-refractivity contribution in [3.05, 3.63) is 64.6 Å². The van der Waals surface area contributed by atoms with Gasteiger partial charge in [0.1, 0.15) is 5.25 Å². The number of rotatable bonds is 4. The molecule has 1 saturated heterocycles. The molecule has 0 aromatic heterocycles. The Hall–Kier alpha value is -1.92. The van der Waals surface area contributed by atoms with Crippen LogP contribution in [0.1, 0.15) is 16.8 Å². The summed E-state index contributed by atoms with van der Waals surface area (Å²) < 4.78 is 0.880. The zero-order valence-corrected chi connectivity index (χ0v) is 14.3. The van der Waals surface area contributed by atoms with E-state index >= 15 is 0 Å². The third kappa shape index (κ3) is 3.38. The van der Waals surface area contributed by atoms with E-state index in [1.54, 1.807) is 48.5 Å². The number of benzene rings is 2. The van der Waals surface area contributed by atoms with Crippen molar-refractivity contribution in [2.24, 2.45) is 0 Å². The smallest absolute Gasteiger partial charge is 0.293 e. The van der Waals surface area contributed by atoms with Gasteiger partial charge in [-0.3, -0.25) is 14.4 Å². The molecule has 0 aliphatic carbocycles. The van der Waals surface area contributed by atoms with Gasteiger partial charge in [0.25, 0.3) is 5.24 Å². The lowest BCUT2D eigenvalue weighted by molar-refractivity contribution is -0.117. The standard InChI is InChI=1S/C17H12BrNO3S/c18-12-8-6-11(7-9-12)14(20)10-15-16(21)19(17(22)23-15)13-4-2-1-3-5-13/h1-9,15H,10H2/t15-/m1/s1. The second-order valence-electron chi connectivity index (χ2n) is 5.02. The monoisotopic (exact) mass is 389 g/mol. The Labute approximate surface area is 146 Å². The predicted molar refractivity (Wildman–Crippen MR) is 93.8 cm³/mol. The van der Waals surface area contributed by atoms with Gasteiger partial charge in [-0.2, -0.15) is 0 Å². The molecule has 1 fully saturated rings. The van der Waals surface area contributed by atoms with E-state index in [-0.39, 0.29) is 23.4 Å². The molecule has 0 spiro atoms. The fraction of sp³-hybridized carbons (Fsp3) is 0.118. The molecule has 116 valence electrons. The van der Waals surface area contributed by atoms with Crippen LogP contribution in [0.5, 0.6) is 0 Å². The predicted octanol–water partition coefficient (Wildman–Crippen LogP) is 4.29. The molecule has 2 aromatic rings. The molecule has 0 bridgehead atoms. The van der Waals surface area contributed by atoms with E-state index < -0.39 is 5.25 Å². The Morgan fingerprint density at radius 3 is 2.35 bits per heavy atom. The number of carbonyl (C=O) groups excluding carboxylic acids is 3. The van der Waals surface area contributed by atoms with Crippen molar-refractivity contribution in [1.82, 2.24) is 0 Å². The Morgan fingerprint density at radius 1 is 1.04 bits per heavy atom. The molecule has 2 aromatic carbocycles. The second-order valence-corrected chi connectivity index (χ2v) is 7.09. The van der Waals surface area contributed by atoms with E-state index in [1.807, 2.05) is 6.07 Å². The summed E-state index contributed by atoms with van der Waals surface area (Å²) in [5, 5.41) is -1.01. The number of ketones is 1. The van der Waals surface area contributed by atoms with Crippen molar-refractivity contribution in [2.45, 2.75) is 11.7 Å². The van der Waals surface area contributed by atoms with Gasteiger partial charge in [0.05, 0.1) is 5.69 Å². The number of para-hydroxylation sites is 1. The van der Waals surface area contributed by atoms with E-state index in [1.165, 1.54) is 0 Å². The lowest BCUT2D eigenvalue weighted by atomic mass is 10.1. The highest BCUT2D eigenvalue weighted by atomic mass is 79.9. The summed E-state index contributed by atoms with van der Waals surface area (Å²) in [5.41, 5.74) is 1.07. The minimum absolute atomic E-state index is 0.0141. The summed E-state index contributed by atoms with van der Waals surface area (Å²) in [6.45, 7) is 0. The van der Waals surface area contributed by atoms with Crippen LogP contribution in [0.4, 0.5) is 10.5 Å². The summed E-state index contributed by atoms with van der Waals surface area (Å²) in [6, 6.07) is 15.7. The highest BCUT2D eigenvalue weighted by Gasteiger charge is 2.41. The molecule has 0 saturated carbocycles. The normalized spacial score (nSPS) is 17.6. The van der Waals surface area contributed by atoms with Crippen LogP contribution in [0.3, 0.4) is 0 Å². The summed E-state index contributed by atoms with van der Waals surface area (Å²) in [4.78, 5) is 38.0. The minimum Gasteiger partial charge on any atom is -0.294 e. The van der Waals surface area contributed by atoms with Gasteiger partial charge in [-0.25, -0.2) is 4.90 Å². The number of anilines is 1. The summed E-state index contributed by atoms with van der Waals surface area (Å²) >= 11 is 4.22. The topological polar surface area (TPSA) is 54.5 Å². The first kappa shape index (κ1) is 16.0. The van der Waals surface area contributed by atoms with E-state index in [2.05, 4.69) is 15.9 Å². The molecule has 1 aliphatic rings. The van der Waals surface area contributed by atoms with Crippen molar-refractivity contribution >= 4 is 50.3 Å². The van der Waals surface area contributed by atoms with Gasteiger partial charge < -0.3 is 0 Å². The van der Waals surface area contributed by atoms with E-state index in [4.69, 9.17) is 0 Å². The maximum absolute atomic E-state index is 12.5. The Bertz CT molecular complexity index is 761. The lowest BCUT2D eigenvalue weighted by Crippen LogP contribution is -2.32. The fourth-order valence-electron chi connectivity index (χ4n) is 2.32. The number of amides is 2. The van der Waals surface area contributed by atoms with Crippen LogP contribution >= 0.6 is 27.7 Å². The molecule has 1 aliphatic heterocycles. The molecular weight excluding hydrogens is 378 g/mol. The number of hydrogen-bond acceptors (Lipinski definition) is 4. The molecule has 0 unspecified atom stereocenters. The number of Topliss-reactive ketones (excluding diaryl/α,β-unsaturated/α-hetero) is 1. The van der Waals surface area contributed by atoms with E-state index in [0.29, 0.717) is 11.3 Å². The largest absolute Gasteiger partial charge is 0.294 e. The third-order valence-electron chi connectivity index (χ3n) is 3.47. The van der Waals surface area contributed by atoms with E-state index in [0.717, 1.165) is 21.1 Å². The lowest BCUT2D eigenvalue weighted by Gasteiger charge is -2.13. The van der Waals surface area contributed by atoms with E-state index in [9.17, 15) is 14.4 Å². The van der Waals surface area contributed by atoms with Crippen LogP contribution in [0.25, 0.3) is 0 Å². The summed E-state index contributed by atoms with van der Waals surface area (Å²) in [7, 11) is 0. The van der Waals surface area contributed by atoms with Crippen LogP contribution in [-0.4, -0.2) is 22.2 Å². The Morgan fingerprint density at radius 2 is 1.70 bits per heavy atom. The van der Waals surface area contributed by atoms with Crippen molar-refractivity contribution < 1.29 is 14.4 Å². The molecule has 0 N–H and O–H groups in total. The number of nitrogens with zero attached hydrogens (tertiary/aromatic N) is 1. The molecular formula is C17H12BrNO3S. The maximum atomic E-state index is 12.5. The number of carbonyl (C=O) groups is 3. The molecule has 6 heteroatoms. The van der Waals surface area contributed by atoms with Gasteiger partial charge in [-0.1, -0.05) is 58.0 Å². The quantitative estimate of drug-likeness (QED) is 0.731. The first-order valence-electron chi connectivity index (χ1n) is 6.94. The van der Waals surface area contributed by atoms with Gasteiger partial charge in [-0.15, -0.1) is 0 Å². The SMILES string of the molecule is O=C(C[C@H]1SC(=O)N(c2ccccc2)C1=O)c1ccc(Br)cc1. The van der Waals surface area contributed by atoms with Crippen LogP contribution in [0.2, 0.25) is 0 Å². The molecule has 23 heavy (non-hydrogen) atoms. The Kier molecular flexibility index (Phi) is 4.63. The molecule has 4 nitrogen and oxygen atoms in total. The minimum atomic E-state index is -0.668. The third-order valence-corrected chi connectivity index (χ3v) is 5.04. The highest BCUT2D eigenvalue weighted by molar-refractivity contribution is 9.10. The van der Waals surface area contributed by atoms with Crippen LogP contribution in [0, 0.1) is 0 Å². The van der Waals surface area contributed by atoms with Crippen LogP contribution in [-0.2, 0) is 4.79 Å². The maximum Gasteiger partial charge on any atom is 0.293 e. The Balaban J connectivity index is 1.75. The average Bonchev–Trinajstić information content (AvgIpc) is 2.82. The molecule has 1 heterocycles. The molecule has 0 radical (unpaired) electrons. The van der Waals surface area contributed by atoms with Gasteiger partial charge in [0, 0.05) is 16.5 Å². The van der Waals surface area contributed by atoms with Crippen molar-refractivity contribution in [3.63, 3.8) is 0 Å². The molecule has 2 amide bonds. The first-order valence-corrected chi connectivity index (χ1v) is 8.62. The second kappa shape index (κ2) is 6.68. The van der Waals surface area contributed by atoms with Gasteiger partial charge in [0.2, 0.25) is 5.91 Å². The average molecular weight is 390 g/mol. The number of imide groups is 1. The van der Waals surface area contributed by atoms with Gasteiger partial charge >= 0.3 is 0 Å². The number of halogens is 1. The number of hydrogen-bond donors (Lipinski definition) is 0. The molecule has 3 rings (SSSR count). The summed E-state index contributed by atoms with van der Waals surface area (Å²) in [5.74, 6) is -0.484. The number of thioether (sulfide) groups is 1. The highest BCUT2D eigenvalue weighted by Crippen LogP contribution is 2.33. The van der Waals surface area contributed by atoms with Crippen LogP contribution < -0.4 is 4.90 Å². The molecule has 1 atom stereocenters. The zero-order chi connectivity index (χ0) is 16.4. The van der Waals surface area contributed by atoms with Crippen molar-refractivity contribution in [1.29, 1.82) is 0 Å². The van der Waals surface area contributed by atoms with Crippen molar-refractivity contribution in [2.75, 3.05) is 4.90 Å². The first-order chi connectivity index (χ1) is 11.1. The zero-order valence-electron chi connectivity index (χ0n) is 11.9. The summed E-state index contributed by atoms with van der Waals surface area (Å²) in [6.07, 6.45) is 0.0141. The van der Waals surface area contributed by atoms with Gasteiger partial charge in [0.15, 0.2) is 5.78 Å².